The summed E-state index contributed by atoms with van der Waals surface area (Å²) in [5.74, 6) is -0.552. The maximum atomic E-state index is 12.8. The molecule has 1 fully saturated rings. The Hall–Kier alpha value is -1.78. The summed E-state index contributed by atoms with van der Waals surface area (Å²) in [7, 11) is 1.39. The third-order valence-corrected chi connectivity index (χ3v) is 3.05. The molecule has 1 aromatic carbocycles. The van der Waals surface area contributed by atoms with Gasteiger partial charge in [0.05, 0.1) is 24.4 Å². The third kappa shape index (κ3) is 2.49. The van der Waals surface area contributed by atoms with Crippen LogP contribution in [0.3, 0.4) is 0 Å². The smallest absolute Gasteiger partial charge is 0.308 e. The van der Waals surface area contributed by atoms with Crippen LogP contribution in [0.1, 0.15) is 12.8 Å². The Morgan fingerprint density at radius 1 is 1.53 bits per heavy atom. The summed E-state index contributed by atoms with van der Waals surface area (Å²) in [6.45, 7) is 0. The average molecular weight is 238 g/mol. The van der Waals surface area contributed by atoms with E-state index in [1.54, 1.807) is 6.07 Å². The van der Waals surface area contributed by atoms with Crippen molar-refractivity contribution in [3.63, 3.8) is 0 Å². The minimum atomic E-state index is -0.353. The van der Waals surface area contributed by atoms with E-state index in [9.17, 15) is 9.18 Å². The monoisotopic (exact) mass is 238 g/mol. The van der Waals surface area contributed by atoms with E-state index in [4.69, 9.17) is 5.73 Å². The van der Waals surface area contributed by atoms with E-state index in [1.807, 2.05) is 0 Å². The first-order chi connectivity index (χ1) is 8.10. The second-order valence-corrected chi connectivity index (χ2v) is 4.26. The van der Waals surface area contributed by atoms with Gasteiger partial charge in [0.15, 0.2) is 0 Å². The molecule has 1 saturated carbocycles. The molecule has 0 aliphatic heterocycles. The number of anilines is 2. The average Bonchev–Trinajstić information content (AvgIpc) is 2.24. The van der Waals surface area contributed by atoms with Crippen LogP contribution in [-0.2, 0) is 9.53 Å². The fourth-order valence-electron chi connectivity index (χ4n) is 1.98. The van der Waals surface area contributed by atoms with Crippen molar-refractivity contribution in [3.8, 4) is 0 Å². The topological polar surface area (TPSA) is 64.3 Å². The number of carbonyl (C=O) groups is 1. The van der Waals surface area contributed by atoms with Crippen molar-refractivity contribution in [2.75, 3.05) is 18.2 Å². The zero-order valence-corrected chi connectivity index (χ0v) is 9.57. The van der Waals surface area contributed by atoms with E-state index in [2.05, 4.69) is 10.1 Å². The molecule has 0 saturated heterocycles. The molecule has 1 aromatic rings. The summed E-state index contributed by atoms with van der Waals surface area (Å²) >= 11 is 0. The molecule has 0 amide bonds. The summed E-state index contributed by atoms with van der Waals surface area (Å²) in [6.07, 6.45) is 1.45. The number of rotatable bonds is 3. The van der Waals surface area contributed by atoms with Crippen molar-refractivity contribution in [2.45, 2.75) is 18.9 Å². The van der Waals surface area contributed by atoms with Crippen molar-refractivity contribution in [1.29, 1.82) is 0 Å². The highest BCUT2D eigenvalue weighted by molar-refractivity contribution is 5.74. The Bertz CT molecular complexity index is 431. The van der Waals surface area contributed by atoms with Gasteiger partial charge in [0.2, 0.25) is 0 Å². The summed E-state index contributed by atoms with van der Waals surface area (Å²) in [5.41, 5.74) is 6.76. The molecular weight excluding hydrogens is 223 g/mol. The third-order valence-electron chi connectivity index (χ3n) is 3.05. The van der Waals surface area contributed by atoms with E-state index in [1.165, 1.54) is 19.2 Å². The first-order valence-corrected chi connectivity index (χ1v) is 5.49. The quantitative estimate of drug-likeness (QED) is 0.622. The highest BCUT2D eigenvalue weighted by Gasteiger charge is 2.35. The Morgan fingerprint density at radius 2 is 2.24 bits per heavy atom. The van der Waals surface area contributed by atoms with E-state index in [-0.39, 0.29) is 23.7 Å². The van der Waals surface area contributed by atoms with Gasteiger partial charge in [-0.1, -0.05) is 0 Å². The molecule has 17 heavy (non-hydrogen) atoms. The highest BCUT2D eigenvalue weighted by Crippen LogP contribution is 2.32. The van der Waals surface area contributed by atoms with Gasteiger partial charge < -0.3 is 15.8 Å². The van der Waals surface area contributed by atoms with Crippen LogP contribution in [0.15, 0.2) is 18.2 Å². The van der Waals surface area contributed by atoms with Gasteiger partial charge in [-0.05, 0) is 31.0 Å². The molecule has 0 radical (unpaired) electrons. The number of nitrogen functional groups attached to an aromatic ring is 1. The lowest BCUT2D eigenvalue weighted by Crippen LogP contribution is -2.40. The number of methoxy groups -OCH3 is 1. The zero-order chi connectivity index (χ0) is 12.4. The summed E-state index contributed by atoms with van der Waals surface area (Å²) < 4.78 is 17.5. The number of hydrogen-bond acceptors (Lipinski definition) is 4. The molecule has 0 spiro atoms. The van der Waals surface area contributed by atoms with Crippen LogP contribution < -0.4 is 11.1 Å². The largest absolute Gasteiger partial charge is 0.469 e. The maximum absolute atomic E-state index is 12.8. The summed E-state index contributed by atoms with van der Waals surface area (Å²) in [4.78, 5) is 11.2. The van der Waals surface area contributed by atoms with Gasteiger partial charge in [0.1, 0.15) is 5.82 Å². The van der Waals surface area contributed by atoms with Gasteiger partial charge in [-0.25, -0.2) is 4.39 Å². The van der Waals surface area contributed by atoms with E-state index < -0.39 is 0 Å². The molecule has 3 N–H and O–H groups in total. The number of halogens is 1. The number of ether oxygens (including phenoxy) is 1. The van der Waals surface area contributed by atoms with Crippen molar-refractivity contribution >= 4 is 17.3 Å². The van der Waals surface area contributed by atoms with Crippen molar-refractivity contribution in [3.05, 3.63) is 24.0 Å². The summed E-state index contributed by atoms with van der Waals surface area (Å²) in [6, 6.07) is 4.44. The highest BCUT2D eigenvalue weighted by atomic mass is 19.1. The van der Waals surface area contributed by atoms with Crippen LogP contribution in [0, 0.1) is 11.7 Å². The van der Waals surface area contributed by atoms with Gasteiger partial charge in [-0.2, -0.15) is 0 Å². The maximum Gasteiger partial charge on any atom is 0.308 e. The van der Waals surface area contributed by atoms with Gasteiger partial charge in [0, 0.05) is 6.04 Å². The molecule has 92 valence electrons. The Labute approximate surface area is 98.9 Å². The van der Waals surface area contributed by atoms with Crippen molar-refractivity contribution in [2.24, 2.45) is 5.92 Å². The van der Waals surface area contributed by atoms with Crippen LogP contribution in [0.5, 0.6) is 0 Å². The molecule has 0 bridgehead atoms. The predicted octanol–water partition coefficient (Wildman–Crippen LogP) is 1.77. The normalized spacial score (nSPS) is 22.7. The van der Waals surface area contributed by atoms with Gasteiger partial charge in [-0.15, -0.1) is 0 Å². The van der Waals surface area contributed by atoms with E-state index in [0.29, 0.717) is 11.4 Å². The van der Waals surface area contributed by atoms with Crippen molar-refractivity contribution < 1.29 is 13.9 Å². The molecule has 0 atom stereocenters. The predicted molar refractivity (Wildman–Crippen MR) is 63.0 cm³/mol. The minimum Gasteiger partial charge on any atom is -0.469 e. The zero-order valence-electron chi connectivity index (χ0n) is 9.57. The van der Waals surface area contributed by atoms with Gasteiger partial charge in [-0.3, -0.25) is 4.79 Å². The molecule has 5 heteroatoms. The lowest BCUT2D eigenvalue weighted by Gasteiger charge is -2.34. The standard InChI is InChI=1S/C12H15FN2O2/c1-17-12(16)7-4-9(5-7)15-11-3-2-8(13)6-10(11)14/h2-3,6-7,9,15H,4-5,14H2,1H3/t7-,9-. The molecule has 0 heterocycles. The molecular formula is C12H15FN2O2. The molecule has 0 aromatic heterocycles. The Balaban J connectivity index is 1.90. The molecule has 1 aliphatic rings. The van der Waals surface area contributed by atoms with E-state index in [0.717, 1.165) is 12.8 Å². The number of benzene rings is 1. The second kappa shape index (κ2) is 4.61. The van der Waals surface area contributed by atoms with Crippen LogP contribution in [-0.4, -0.2) is 19.1 Å². The first-order valence-electron chi connectivity index (χ1n) is 5.49. The summed E-state index contributed by atoms with van der Waals surface area (Å²) in [5, 5.41) is 3.18. The molecule has 2 rings (SSSR count). The fraction of sp³-hybridized carbons (Fsp3) is 0.417. The number of nitrogens with one attached hydrogen (secondary N) is 1. The van der Waals surface area contributed by atoms with Crippen LogP contribution >= 0.6 is 0 Å². The SMILES string of the molecule is COC(=O)[C@H]1C[C@H](Nc2ccc(F)cc2N)C1. The molecule has 0 unspecified atom stereocenters. The minimum absolute atomic E-state index is 0.0285. The number of esters is 1. The van der Waals surface area contributed by atoms with Crippen molar-refractivity contribution in [1.82, 2.24) is 0 Å². The number of hydrogen-bond donors (Lipinski definition) is 2. The van der Waals surface area contributed by atoms with Crippen LogP contribution in [0.25, 0.3) is 0 Å². The first kappa shape index (κ1) is 11.7. The van der Waals surface area contributed by atoms with Crippen LogP contribution in [0.4, 0.5) is 15.8 Å². The Morgan fingerprint density at radius 3 is 2.82 bits per heavy atom. The van der Waals surface area contributed by atoms with Gasteiger partial charge in [0.25, 0.3) is 0 Å². The lowest BCUT2D eigenvalue weighted by atomic mass is 9.80. The Kier molecular flexibility index (Phi) is 3.17. The van der Waals surface area contributed by atoms with Gasteiger partial charge >= 0.3 is 5.97 Å². The lowest BCUT2D eigenvalue weighted by molar-refractivity contribution is -0.148. The molecule has 4 nitrogen and oxygen atoms in total. The fourth-order valence-corrected chi connectivity index (χ4v) is 1.98. The number of carbonyl (C=O) groups excluding carboxylic acids is 1. The number of nitrogens with two attached hydrogens (primary N) is 1. The van der Waals surface area contributed by atoms with E-state index >= 15 is 0 Å². The second-order valence-electron chi connectivity index (χ2n) is 4.26. The van der Waals surface area contributed by atoms with Crippen LogP contribution in [0.2, 0.25) is 0 Å². The molecule has 1 aliphatic carbocycles.